The first-order valence-corrected chi connectivity index (χ1v) is 12.6. The largest absolute Gasteiger partial charge is 0.481 e. The number of allylic oxidation sites excluding steroid dienone is 2. The van der Waals surface area contributed by atoms with Crippen LogP contribution in [0.1, 0.15) is 12.0 Å². The number of thioether (sulfide) groups is 1. The van der Waals surface area contributed by atoms with E-state index in [1.54, 1.807) is 23.1 Å². The van der Waals surface area contributed by atoms with Gasteiger partial charge in [-0.3, -0.25) is 9.59 Å². The lowest BCUT2D eigenvalue weighted by atomic mass is 9.82. The topological polar surface area (TPSA) is 79.3 Å². The number of fused-ring (bicyclic) bond motifs is 3. The molecule has 2 aliphatic rings. The number of thiazole rings is 1. The number of aromatic nitrogens is 1. The molecule has 1 heterocycles. The van der Waals surface area contributed by atoms with Gasteiger partial charge in [-0.25, -0.2) is 4.98 Å². The summed E-state index contributed by atoms with van der Waals surface area (Å²) in [7, 11) is 0. The average molecular weight is 515 g/mol. The van der Waals surface area contributed by atoms with Crippen molar-refractivity contribution in [1.82, 2.24) is 4.98 Å². The maximum atomic E-state index is 12.9. The van der Waals surface area contributed by atoms with E-state index in [0.717, 1.165) is 31.2 Å². The molecule has 2 aliphatic carbocycles. The summed E-state index contributed by atoms with van der Waals surface area (Å²) in [6.07, 6.45) is 4.70. The highest BCUT2D eigenvalue weighted by atomic mass is 79.9. The highest BCUT2D eigenvalue weighted by Crippen LogP contribution is 2.48. The molecular formula is C23H19BrN2O3S2. The Labute approximate surface area is 196 Å². The van der Waals surface area contributed by atoms with E-state index in [4.69, 9.17) is 0 Å². The molecule has 2 bridgehead atoms. The molecule has 5 nitrogen and oxygen atoms in total. The van der Waals surface area contributed by atoms with Gasteiger partial charge in [0.25, 0.3) is 0 Å². The predicted octanol–water partition coefficient (Wildman–Crippen LogP) is 5.81. The number of amides is 1. The van der Waals surface area contributed by atoms with Crippen LogP contribution in [0.4, 0.5) is 5.69 Å². The fourth-order valence-corrected chi connectivity index (χ4v) is 6.84. The smallest absolute Gasteiger partial charge is 0.307 e. The maximum absolute atomic E-state index is 12.9. The number of rotatable bonds is 6. The number of hydrogen-bond donors (Lipinski definition) is 2. The molecule has 5 rings (SSSR count). The molecule has 0 saturated heterocycles. The molecule has 0 radical (unpaired) electrons. The first kappa shape index (κ1) is 20.7. The van der Waals surface area contributed by atoms with Gasteiger partial charge in [-0.2, -0.15) is 0 Å². The van der Waals surface area contributed by atoms with E-state index in [1.165, 1.54) is 5.56 Å². The van der Waals surface area contributed by atoms with Crippen molar-refractivity contribution in [2.45, 2.75) is 16.5 Å². The van der Waals surface area contributed by atoms with Gasteiger partial charge in [-0.1, -0.05) is 52.0 Å². The third-order valence-corrected chi connectivity index (χ3v) is 8.72. The van der Waals surface area contributed by atoms with Gasteiger partial charge >= 0.3 is 5.97 Å². The van der Waals surface area contributed by atoms with Gasteiger partial charge in [-0.15, -0.1) is 11.3 Å². The molecule has 158 valence electrons. The highest BCUT2D eigenvalue weighted by Gasteiger charge is 2.51. The Kier molecular flexibility index (Phi) is 5.62. The van der Waals surface area contributed by atoms with Crippen molar-refractivity contribution in [3.63, 3.8) is 0 Å². The second-order valence-corrected chi connectivity index (χ2v) is 11.1. The molecule has 4 atom stereocenters. The normalized spacial score (nSPS) is 24.0. The number of benzene rings is 2. The lowest BCUT2D eigenvalue weighted by molar-refractivity contribution is -0.146. The SMILES string of the molecule is O=C(O)[C@@H]1[C@@H](C(=O)Nc2ccc3nc(SCc4ccc(Br)cc4)sc3c2)[C@H]2C=C[C@H]1C2. The van der Waals surface area contributed by atoms with Crippen LogP contribution in [0.5, 0.6) is 0 Å². The van der Waals surface area contributed by atoms with Crippen molar-refractivity contribution in [3.05, 3.63) is 64.7 Å². The predicted molar refractivity (Wildman–Crippen MR) is 127 cm³/mol. The third-order valence-electron chi connectivity index (χ3n) is 5.96. The second kappa shape index (κ2) is 8.41. The quantitative estimate of drug-likeness (QED) is 0.320. The molecule has 8 heteroatoms. The van der Waals surface area contributed by atoms with Gasteiger partial charge in [0.1, 0.15) is 0 Å². The van der Waals surface area contributed by atoms with E-state index in [9.17, 15) is 14.7 Å². The lowest BCUT2D eigenvalue weighted by Gasteiger charge is -2.23. The Morgan fingerprint density at radius 1 is 1.13 bits per heavy atom. The van der Waals surface area contributed by atoms with E-state index in [1.807, 2.05) is 42.5 Å². The molecule has 31 heavy (non-hydrogen) atoms. The molecule has 2 N–H and O–H groups in total. The van der Waals surface area contributed by atoms with Gasteiger partial charge < -0.3 is 10.4 Å². The van der Waals surface area contributed by atoms with Crippen LogP contribution < -0.4 is 5.32 Å². The van der Waals surface area contributed by atoms with Crippen molar-refractivity contribution in [2.75, 3.05) is 5.32 Å². The molecule has 0 spiro atoms. The molecule has 1 fully saturated rings. The Hall–Kier alpha value is -2.16. The molecule has 1 aromatic heterocycles. The van der Waals surface area contributed by atoms with Crippen LogP contribution in [-0.2, 0) is 15.3 Å². The van der Waals surface area contributed by atoms with Crippen molar-refractivity contribution in [2.24, 2.45) is 23.7 Å². The molecule has 0 unspecified atom stereocenters. The van der Waals surface area contributed by atoms with Crippen molar-refractivity contribution in [3.8, 4) is 0 Å². The van der Waals surface area contributed by atoms with Gasteiger partial charge in [0.2, 0.25) is 5.91 Å². The minimum Gasteiger partial charge on any atom is -0.481 e. The first-order chi connectivity index (χ1) is 15.0. The summed E-state index contributed by atoms with van der Waals surface area (Å²) in [5.74, 6) is -1.43. The minimum absolute atomic E-state index is 0.0137. The fraction of sp³-hybridized carbons (Fsp3) is 0.261. The van der Waals surface area contributed by atoms with Crippen LogP contribution in [0, 0.1) is 23.7 Å². The molecule has 3 aromatic rings. The number of aliphatic carboxylic acids is 1. The van der Waals surface area contributed by atoms with Crippen LogP contribution in [0.3, 0.4) is 0 Å². The first-order valence-electron chi connectivity index (χ1n) is 9.98. The molecule has 1 amide bonds. The monoisotopic (exact) mass is 514 g/mol. The second-order valence-electron chi connectivity index (χ2n) is 7.90. The number of carboxylic acids is 1. The lowest BCUT2D eigenvalue weighted by Crippen LogP contribution is -2.36. The number of carbonyl (C=O) groups excluding carboxylic acids is 1. The van der Waals surface area contributed by atoms with E-state index in [-0.39, 0.29) is 17.7 Å². The number of halogens is 1. The zero-order valence-corrected chi connectivity index (χ0v) is 19.5. The fourth-order valence-electron chi connectivity index (χ4n) is 4.51. The number of nitrogens with zero attached hydrogens (tertiary/aromatic N) is 1. The minimum atomic E-state index is -0.887. The standard InChI is InChI=1S/C23H19BrN2O3S2/c24-15-5-1-12(2-6-15)11-30-23-26-17-8-7-16(10-18(17)31-23)25-21(27)19-13-3-4-14(9-13)20(19)22(28)29/h1-8,10,13-14,19-20H,9,11H2,(H,25,27)(H,28,29)/t13-,14-,19-,20-/m0/s1. The summed E-state index contributed by atoms with van der Waals surface area (Å²) in [5, 5.41) is 12.5. The number of carbonyl (C=O) groups is 2. The molecule has 1 saturated carbocycles. The van der Waals surface area contributed by atoms with Crippen LogP contribution in [0.25, 0.3) is 10.2 Å². The Morgan fingerprint density at radius 2 is 1.87 bits per heavy atom. The van der Waals surface area contributed by atoms with Gasteiger partial charge in [-0.05, 0) is 54.2 Å². The van der Waals surface area contributed by atoms with Crippen molar-refractivity contribution in [1.29, 1.82) is 0 Å². The van der Waals surface area contributed by atoms with E-state index >= 15 is 0 Å². The molecule has 2 aromatic carbocycles. The zero-order valence-electron chi connectivity index (χ0n) is 16.3. The zero-order chi connectivity index (χ0) is 21.5. The number of anilines is 1. The number of nitrogens with one attached hydrogen (secondary N) is 1. The molecular weight excluding hydrogens is 496 g/mol. The van der Waals surface area contributed by atoms with E-state index in [2.05, 4.69) is 38.4 Å². The number of hydrogen-bond acceptors (Lipinski definition) is 5. The van der Waals surface area contributed by atoms with Gasteiger partial charge in [0.15, 0.2) is 4.34 Å². The summed E-state index contributed by atoms with van der Waals surface area (Å²) in [6, 6.07) is 13.9. The van der Waals surface area contributed by atoms with E-state index in [0.29, 0.717) is 5.69 Å². The summed E-state index contributed by atoms with van der Waals surface area (Å²) >= 11 is 6.74. The summed E-state index contributed by atoms with van der Waals surface area (Å²) in [6.45, 7) is 0. The van der Waals surface area contributed by atoms with Crippen LogP contribution in [0.2, 0.25) is 0 Å². The summed E-state index contributed by atoms with van der Waals surface area (Å²) in [5.41, 5.74) is 2.81. The Morgan fingerprint density at radius 3 is 2.61 bits per heavy atom. The summed E-state index contributed by atoms with van der Waals surface area (Å²) < 4.78 is 3.04. The number of carboxylic acid groups (broad SMARTS) is 1. The van der Waals surface area contributed by atoms with Crippen LogP contribution in [0.15, 0.2) is 63.4 Å². The van der Waals surface area contributed by atoms with Crippen molar-refractivity contribution < 1.29 is 14.7 Å². The summed E-state index contributed by atoms with van der Waals surface area (Å²) in [4.78, 5) is 29.3. The highest BCUT2D eigenvalue weighted by molar-refractivity contribution is 9.10. The maximum Gasteiger partial charge on any atom is 0.307 e. The van der Waals surface area contributed by atoms with Crippen molar-refractivity contribution >= 4 is 66.8 Å². The molecule has 0 aliphatic heterocycles. The van der Waals surface area contributed by atoms with Crippen LogP contribution in [-0.4, -0.2) is 22.0 Å². The van der Waals surface area contributed by atoms with E-state index < -0.39 is 17.8 Å². The third kappa shape index (κ3) is 4.16. The van der Waals surface area contributed by atoms with Crippen LogP contribution >= 0.6 is 39.0 Å². The Bertz CT molecular complexity index is 1190. The van der Waals surface area contributed by atoms with Gasteiger partial charge in [0, 0.05) is 15.9 Å². The average Bonchev–Trinajstić information content (AvgIpc) is 3.47. The van der Waals surface area contributed by atoms with Gasteiger partial charge in [0.05, 0.1) is 22.1 Å². The Balaban J connectivity index is 1.29.